The first-order valence-corrected chi connectivity index (χ1v) is 10.5. The van der Waals surface area contributed by atoms with Gasteiger partial charge < -0.3 is 15.5 Å². The van der Waals surface area contributed by atoms with Gasteiger partial charge in [-0.1, -0.05) is 35.3 Å². The van der Waals surface area contributed by atoms with E-state index in [1.807, 2.05) is 49.9 Å². The summed E-state index contributed by atoms with van der Waals surface area (Å²) in [5.74, 6) is -0.286. The highest BCUT2D eigenvalue weighted by molar-refractivity contribution is 6.40. The number of carbonyl (C=O) groups excluding carboxylic acids is 2. The second kappa shape index (κ2) is 9.06. The van der Waals surface area contributed by atoms with Gasteiger partial charge in [0.1, 0.15) is 0 Å². The summed E-state index contributed by atoms with van der Waals surface area (Å²) in [6, 6.07) is 9.25. The lowest BCUT2D eigenvalue weighted by atomic mass is 9.95. The number of anilines is 2. The van der Waals surface area contributed by atoms with E-state index >= 15 is 0 Å². The van der Waals surface area contributed by atoms with Crippen LogP contribution < -0.4 is 15.5 Å². The van der Waals surface area contributed by atoms with E-state index in [2.05, 4.69) is 10.6 Å². The minimum Gasteiger partial charge on any atom is -0.362 e. The van der Waals surface area contributed by atoms with Crippen molar-refractivity contribution >= 4 is 46.4 Å². The summed E-state index contributed by atoms with van der Waals surface area (Å²) in [6.45, 7) is 6.63. The third kappa shape index (κ3) is 4.85. The second-order valence-corrected chi connectivity index (χ2v) is 8.34. The van der Waals surface area contributed by atoms with E-state index in [4.69, 9.17) is 23.2 Å². The SMILES string of the molecule is Cc1ccc(Cl)c(NC(=O)CN2CCCc3c(C(=O)NC(C)C)cccc32)c1Cl. The smallest absolute Gasteiger partial charge is 0.251 e. The van der Waals surface area contributed by atoms with Crippen molar-refractivity contribution in [1.29, 1.82) is 0 Å². The Labute approximate surface area is 181 Å². The van der Waals surface area contributed by atoms with Crippen LogP contribution in [-0.4, -0.2) is 30.9 Å². The molecule has 0 radical (unpaired) electrons. The highest BCUT2D eigenvalue weighted by Crippen LogP contribution is 2.33. The number of amides is 2. The molecule has 1 aliphatic rings. The summed E-state index contributed by atoms with van der Waals surface area (Å²) in [5, 5.41) is 6.63. The maximum Gasteiger partial charge on any atom is 0.251 e. The van der Waals surface area contributed by atoms with Crippen LogP contribution in [0.3, 0.4) is 0 Å². The minimum atomic E-state index is -0.204. The van der Waals surface area contributed by atoms with Gasteiger partial charge in [-0.3, -0.25) is 9.59 Å². The number of nitrogens with zero attached hydrogens (tertiary/aromatic N) is 1. The molecular formula is C22H25Cl2N3O2. The van der Waals surface area contributed by atoms with Crippen LogP contribution in [0.15, 0.2) is 30.3 Å². The number of halogens is 2. The first-order valence-electron chi connectivity index (χ1n) is 9.70. The number of hydrogen-bond donors (Lipinski definition) is 2. The molecule has 0 atom stereocenters. The molecule has 0 aromatic heterocycles. The van der Waals surface area contributed by atoms with Gasteiger partial charge in [-0.25, -0.2) is 0 Å². The Kier molecular flexibility index (Phi) is 6.70. The predicted octanol–water partition coefficient (Wildman–Crippen LogP) is 4.83. The van der Waals surface area contributed by atoms with Crippen molar-refractivity contribution in [2.75, 3.05) is 23.3 Å². The standard InChI is InChI=1S/C22H25Cl2N3O2/c1-13(2)25-22(29)16-6-4-8-18-15(16)7-5-11-27(18)12-19(28)26-21-17(23)10-9-14(3)20(21)24/h4,6,8-10,13H,5,7,11-12H2,1-3H3,(H,25,29)(H,26,28). The van der Waals surface area contributed by atoms with E-state index in [9.17, 15) is 9.59 Å². The molecule has 3 rings (SSSR count). The maximum absolute atomic E-state index is 12.7. The molecule has 2 aromatic rings. The third-order valence-electron chi connectivity index (χ3n) is 4.89. The van der Waals surface area contributed by atoms with Crippen molar-refractivity contribution in [3.8, 4) is 0 Å². The lowest BCUT2D eigenvalue weighted by molar-refractivity contribution is -0.115. The first kappa shape index (κ1) is 21.5. The molecule has 2 amide bonds. The third-order valence-corrected chi connectivity index (χ3v) is 5.70. The summed E-state index contributed by atoms with van der Waals surface area (Å²) in [7, 11) is 0. The van der Waals surface area contributed by atoms with Crippen LogP contribution >= 0.6 is 23.2 Å². The summed E-state index contributed by atoms with van der Waals surface area (Å²) in [6.07, 6.45) is 1.68. The van der Waals surface area contributed by atoms with Crippen molar-refractivity contribution in [2.45, 2.75) is 39.7 Å². The van der Waals surface area contributed by atoms with Gasteiger partial charge in [-0.2, -0.15) is 0 Å². The molecule has 0 fully saturated rings. The topological polar surface area (TPSA) is 61.4 Å². The molecule has 2 aromatic carbocycles. The van der Waals surface area contributed by atoms with Gasteiger partial charge in [0, 0.05) is 23.8 Å². The molecule has 5 nitrogen and oxygen atoms in total. The van der Waals surface area contributed by atoms with Crippen LogP contribution in [0, 0.1) is 6.92 Å². The summed E-state index contributed by atoms with van der Waals surface area (Å²) < 4.78 is 0. The van der Waals surface area contributed by atoms with Gasteiger partial charge in [0.2, 0.25) is 5.91 Å². The molecule has 2 N–H and O–H groups in total. The Hall–Kier alpha value is -2.24. The monoisotopic (exact) mass is 433 g/mol. The largest absolute Gasteiger partial charge is 0.362 e. The van der Waals surface area contributed by atoms with Gasteiger partial charge in [0.05, 0.1) is 22.3 Å². The van der Waals surface area contributed by atoms with E-state index in [-0.39, 0.29) is 24.4 Å². The van der Waals surface area contributed by atoms with Crippen molar-refractivity contribution in [3.63, 3.8) is 0 Å². The normalized spacial score (nSPS) is 13.2. The van der Waals surface area contributed by atoms with Crippen molar-refractivity contribution in [2.24, 2.45) is 0 Å². The Morgan fingerprint density at radius 2 is 1.93 bits per heavy atom. The van der Waals surface area contributed by atoms with E-state index < -0.39 is 0 Å². The Morgan fingerprint density at radius 3 is 2.66 bits per heavy atom. The molecule has 0 unspecified atom stereocenters. The fourth-order valence-electron chi connectivity index (χ4n) is 3.54. The van der Waals surface area contributed by atoms with E-state index in [1.54, 1.807) is 6.07 Å². The van der Waals surface area contributed by atoms with Crippen molar-refractivity contribution in [3.05, 3.63) is 57.1 Å². The average Bonchev–Trinajstić information content (AvgIpc) is 2.67. The predicted molar refractivity (Wildman–Crippen MR) is 119 cm³/mol. The Balaban J connectivity index is 1.80. The number of hydrogen-bond acceptors (Lipinski definition) is 3. The zero-order valence-corrected chi connectivity index (χ0v) is 18.3. The lowest BCUT2D eigenvalue weighted by Crippen LogP contribution is -2.38. The summed E-state index contributed by atoms with van der Waals surface area (Å²) in [5.41, 5.74) is 3.85. The minimum absolute atomic E-state index is 0.0626. The van der Waals surface area contributed by atoms with Gasteiger partial charge in [0.25, 0.3) is 5.91 Å². The maximum atomic E-state index is 12.7. The lowest BCUT2D eigenvalue weighted by Gasteiger charge is -2.32. The van der Waals surface area contributed by atoms with Crippen LogP contribution in [0.1, 0.15) is 41.8 Å². The van der Waals surface area contributed by atoms with E-state index in [0.717, 1.165) is 36.2 Å². The molecule has 7 heteroatoms. The number of rotatable bonds is 5. The number of nitrogens with one attached hydrogen (secondary N) is 2. The number of benzene rings is 2. The molecule has 0 bridgehead atoms. The zero-order valence-electron chi connectivity index (χ0n) is 16.8. The quantitative estimate of drug-likeness (QED) is 0.709. The summed E-state index contributed by atoms with van der Waals surface area (Å²) in [4.78, 5) is 27.3. The molecule has 0 spiro atoms. The number of aryl methyl sites for hydroxylation is 1. The molecule has 154 valence electrons. The molecule has 29 heavy (non-hydrogen) atoms. The van der Waals surface area contributed by atoms with Gasteiger partial charge in [-0.15, -0.1) is 0 Å². The highest BCUT2D eigenvalue weighted by Gasteiger charge is 2.24. The van der Waals surface area contributed by atoms with Crippen LogP contribution in [-0.2, 0) is 11.2 Å². The highest BCUT2D eigenvalue weighted by atomic mass is 35.5. The molecule has 1 aliphatic heterocycles. The second-order valence-electron chi connectivity index (χ2n) is 7.56. The van der Waals surface area contributed by atoms with Crippen LogP contribution in [0.5, 0.6) is 0 Å². The fraction of sp³-hybridized carbons (Fsp3) is 0.364. The van der Waals surface area contributed by atoms with Crippen LogP contribution in [0.25, 0.3) is 0 Å². The van der Waals surface area contributed by atoms with Crippen LogP contribution in [0.4, 0.5) is 11.4 Å². The van der Waals surface area contributed by atoms with Gasteiger partial charge >= 0.3 is 0 Å². The molecule has 0 aliphatic carbocycles. The van der Waals surface area contributed by atoms with Crippen LogP contribution in [0.2, 0.25) is 10.0 Å². The molecule has 0 saturated carbocycles. The Bertz CT molecular complexity index is 944. The average molecular weight is 434 g/mol. The number of carbonyl (C=O) groups is 2. The summed E-state index contributed by atoms with van der Waals surface area (Å²) >= 11 is 12.5. The van der Waals surface area contributed by atoms with E-state index in [1.165, 1.54) is 0 Å². The Morgan fingerprint density at radius 1 is 1.17 bits per heavy atom. The zero-order chi connectivity index (χ0) is 21.1. The van der Waals surface area contributed by atoms with Crippen molar-refractivity contribution in [1.82, 2.24) is 5.32 Å². The first-order chi connectivity index (χ1) is 13.8. The number of fused-ring (bicyclic) bond motifs is 1. The molecule has 0 saturated heterocycles. The molecular weight excluding hydrogens is 409 g/mol. The van der Waals surface area contributed by atoms with Crippen molar-refractivity contribution < 1.29 is 9.59 Å². The van der Waals surface area contributed by atoms with E-state index in [0.29, 0.717) is 21.3 Å². The van der Waals surface area contributed by atoms with Gasteiger partial charge in [0.15, 0.2) is 0 Å². The fourth-order valence-corrected chi connectivity index (χ4v) is 4.01. The molecule has 1 heterocycles. The van der Waals surface area contributed by atoms with Gasteiger partial charge in [-0.05, 0) is 62.9 Å².